The summed E-state index contributed by atoms with van der Waals surface area (Å²) in [5.41, 5.74) is 1.00. The molecule has 1 saturated heterocycles. The SMILES string of the molecule is CNc1nc(C)nc(N2CCOCC2CO)c1C. The molecule has 1 unspecified atom stereocenters. The predicted octanol–water partition coefficient (Wildman–Crippen LogP) is 0.333. The van der Waals surface area contributed by atoms with E-state index in [1.807, 2.05) is 20.9 Å². The Morgan fingerprint density at radius 3 is 2.89 bits per heavy atom. The zero-order valence-corrected chi connectivity index (χ0v) is 11.1. The summed E-state index contributed by atoms with van der Waals surface area (Å²) in [4.78, 5) is 11.0. The average Bonchev–Trinajstić information content (AvgIpc) is 2.41. The van der Waals surface area contributed by atoms with Crippen LogP contribution >= 0.6 is 0 Å². The van der Waals surface area contributed by atoms with Crippen molar-refractivity contribution in [2.24, 2.45) is 0 Å². The first-order valence-electron chi connectivity index (χ1n) is 6.15. The van der Waals surface area contributed by atoms with Crippen LogP contribution in [0.3, 0.4) is 0 Å². The maximum atomic E-state index is 9.43. The van der Waals surface area contributed by atoms with E-state index in [0.29, 0.717) is 13.2 Å². The van der Waals surface area contributed by atoms with E-state index in [1.165, 1.54) is 0 Å². The number of aliphatic hydroxyl groups is 1. The molecule has 18 heavy (non-hydrogen) atoms. The van der Waals surface area contributed by atoms with Crippen molar-refractivity contribution in [3.05, 3.63) is 11.4 Å². The van der Waals surface area contributed by atoms with Crippen LogP contribution in [0.15, 0.2) is 0 Å². The van der Waals surface area contributed by atoms with Gasteiger partial charge in [0.05, 0.1) is 25.9 Å². The maximum absolute atomic E-state index is 9.43. The molecule has 0 saturated carbocycles. The Morgan fingerprint density at radius 1 is 1.44 bits per heavy atom. The molecule has 6 heteroatoms. The third-order valence-electron chi connectivity index (χ3n) is 3.18. The summed E-state index contributed by atoms with van der Waals surface area (Å²) < 4.78 is 5.39. The number of nitrogens with zero attached hydrogens (tertiary/aromatic N) is 3. The average molecular weight is 252 g/mol. The number of hydrogen-bond donors (Lipinski definition) is 2. The third kappa shape index (κ3) is 2.39. The topological polar surface area (TPSA) is 70.5 Å². The Kier molecular flexibility index (Phi) is 3.98. The van der Waals surface area contributed by atoms with Crippen molar-refractivity contribution in [2.75, 3.05) is 43.6 Å². The Bertz CT molecular complexity index is 425. The Hall–Kier alpha value is -1.40. The lowest BCUT2D eigenvalue weighted by Crippen LogP contribution is -2.48. The van der Waals surface area contributed by atoms with Crippen molar-refractivity contribution in [3.63, 3.8) is 0 Å². The molecule has 2 heterocycles. The molecule has 0 amide bonds. The van der Waals surface area contributed by atoms with E-state index in [9.17, 15) is 5.11 Å². The van der Waals surface area contributed by atoms with Crippen LogP contribution < -0.4 is 10.2 Å². The van der Waals surface area contributed by atoms with Gasteiger partial charge in [0, 0.05) is 19.2 Å². The highest BCUT2D eigenvalue weighted by atomic mass is 16.5. The smallest absolute Gasteiger partial charge is 0.137 e. The lowest BCUT2D eigenvalue weighted by Gasteiger charge is -2.36. The van der Waals surface area contributed by atoms with Crippen LogP contribution in [0.5, 0.6) is 0 Å². The van der Waals surface area contributed by atoms with Crippen molar-refractivity contribution in [2.45, 2.75) is 19.9 Å². The van der Waals surface area contributed by atoms with Crippen molar-refractivity contribution in [1.29, 1.82) is 0 Å². The molecule has 1 fully saturated rings. The fourth-order valence-electron chi connectivity index (χ4n) is 2.22. The standard InChI is InChI=1S/C12H20N4O2/c1-8-11(13-3)14-9(2)15-12(8)16-4-5-18-7-10(16)6-17/h10,17H,4-7H2,1-3H3,(H,13,14,15). The molecule has 6 nitrogen and oxygen atoms in total. The molecular formula is C12H20N4O2. The minimum absolute atomic E-state index is 0.0311. The van der Waals surface area contributed by atoms with Gasteiger partial charge in [-0.1, -0.05) is 0 Å². The molecule has 0 spiro atoms. The molecular weight excluding hydrogens is 232 g/mol. The monoisotopic (exact) mass is 252 g/mol. The van der Waals surface area contributed by atoms with E-state index in [1.54, 1.807) is 0 Å². The number of hydrogen-bond acceptors (Lipinski definition) is 6. The van der Waals surface area contributed by atoms with Crippen LogP contribution in [0.1, 0.15) is 11.4 Å². The molecule has 0 bridgehead atoms. The molecule has 0 aliphatic carbocycles. The van der Waals surface area contributed by atoms with E-state index in [0.717, 1.165) is 29.6 Å². The van der Waals surface area contributed by atoms with E-state index < -0.39 is 0 Å². The predicted molar refractivity (Wildman–Crippen MR) is 70.1 cm³/mol. The summed E-state index contributed by atoms with van der Waals surface area (Å²) >= 11 is 0. The van der Waals surface area contributed by atoms with Crippen LogP contribution in [0.4, 0.5) is 11.6 Å². The van der Waals surface area contributed by atoms with Crippen molar-refractivity contribution < 1.29 is 9.84 Å². The van der Waals surface area contributed by atoms with Gasteiger partial charge in [-0.2, -0.15) is 0 Å². The molecule has 1 aliphatic heterocycles. The Morgan fingerprint density at radius 2 is 2.22 bits per heavy atom. The van der Waals surface area contributed by atoms with Crippen LogP contribution in [0.2, 0.25) is 0 Å². The summed E-state index contributed by atoms with van der Waals surface area (Å²) in [6.45, 7) is 5.87. The molecule has 0 radical (unpaired) electrons. The van der Waals surface area contributed by atoms with Gasteiger partial charge in [0.2, 0.25) is 0 Å². The lowest BCUT2D eigenvalue weighted by atomic mass is 10.2. The van der Waals surface area contributed by atoms with Crippen molar-refractivity contribution >= 4 is 11.6 Å². The zero-order valence-electron chi connectivity index (χ0n) is 11.1. The number of morpholine rings is 1. The van der Waals surface area contributed by atoms with Crippen LogP contribution in [0, 0.1) is 13.8 Å². The fourth-order valence-corrected chi connectivity index (χ4v) is 2.22. The lowest BCUT2D eigenvalue weighted by molar-refractivity contribution is 0.0722. The summed E-state index contributed by atoms with van der Waals surface area (Å²) in [6.07, 6.45) is 0. The number of aliphatic hydroxyl groups excluding tert-OH is 1. The first-order chi connectivity index (χ1) is 8.67. The van der Waals surface area contributed by atoms with E-state index in [4.69, 9.17) is 4.74 Å². The van der Waals surface area contributed by atoms with E-state index in [-0.39, 0.29) is 12.6 Å². The van der Waals surface area contributed by atoms with E-state index in [2.05, 4.69) is 20.2 Å². The zero-order chi connectivity index (χ0) is 13.1. The van der Waals surface area contributed by atoms with Crippen LogP contribution in [-0.4, -0.2) is 54.5 Å². The van der Waals surface area contributed by atoms with Crippen LogP contribution in [-0.2, 0) is 4.74 Å². The van der Waals surface area contributed by atoms with Gasteiger partial charge in [0.25, 0.3) is 0 Å². The second kappa shape index (κ2) is 5.49. The number of rotatable bonds is 3. The van der Waals surface area contributed by atoms with Gasteiger partial charge < -0.3 is 20.1 Å². The summed E-state index contributed by atoms with van der Waals surface area (Å²) in [6, 6.07) is -0.0311. The third-order valence-corrected chi connectivity index (χ3v) is 3.18. The van der Waals surface area contributed by atoms with Gasteiger partial charge in [-0.15, -0.1) is 0 Å². The summed E-state index contributed by atoms with van der Waals surface area (Å²) in [7, 11) is 1.85. The van der Waals surface area contributed by atoms with Crippen molar-refractivity contribution in [1.82, 2.24) is 9.97 Å². The van der Waals surface area contributed by atoms with Gasteiger partial charge in [-0.05, 0) is 13.8 Å². The number of nitrogens with one attached hydrogen (secondary N) is 1. The molecule has 1 aromatic heterocycles. The highest BCUT2D eigenvalue weighted by Crippen LogP contribution is 2.26. The number of aryl methyl sites for hydroxylation is 1. The number of ether oxygens (including phenoxy) is 1. The second-order valence-corrected chi connectivity index (χ2v) is 4.42. The van der Waals surface area contributed by atoms with Gasteiger partial charge in [0.15, 0.2) is 0 Å². The number of anilines is 2. The van der Waals surface area contributed by atoms with Gasteiger partial charge in [-0.3, -0.25) is 0 Å². The van der Waals surface area contributed by atoms with Crippen molar-refractivity contribution in [3.8, 4) is 0 Å². The first-order valence-corrected chi connectivity index (χ1v) is 6.15. The Balaban J connectivity index is 2.39. The first kappa shape index (κ1) is 13.0. The highest BCUT2D eigenvalue weighted by Gasteiger charge is 2.26. The Labute approximate surface area is 107 Å². The molecule has 0 aromatic carbocycles. The van der Waals surface area contributed by atoms with Gasteiger partial charge in [0.1, 0.15) is 17.5 Å². The summed E-state index contributed by atoms with van der Waals surface area (Å²) in [5.74, 6) is 2.44. The number of aromatic nitrogens is 2. The van der Waals surface area contributed by atoms with E-state index >= 15 is 0 Å². The molecule has 1 aromatic rings. The molecule has 2 N–H and O–H groups in total. The largest absolute Gasteiger partial charge is 0.394 e. The maximum Gasteiger partial charge on any atom is 0.137 e. The molecule has 2 rings (SSSR count). The normalized spacial score (nSPS) is 20.0. The quantitative estimate of drug-likeness (QED) is 0.808. The fraction of sp³-hybridized carbons (Fsp3) is 0.667. The molecule has 1 aliphatic rings. The minimum atomic E-state index is -0.0311. The minimum Gasteiger partial charge on any atom is -0.394 e. The summed E-state index contributed by atoms with van der Waals surface area (Å²) in [5, 5.41) is 12.5. The van der Waals surface area contributed by atoms with Crippen LogP contribution in [0.25, 0.3) is 0 Å². The molecule has 1 atom stereocenters. The highest BCUT2D eigenvalue weighted by molar-refractivity contribution is 5.59. The second-order valence-electron chi connectivity index (χ2n) is 4.42. The van der Waals surface area contributed by atoms with Gasteiger partial charge in [-0.25, -0.2) is 9.97 Å². The van der Waals surface area contributed by atoms with Gasteiger partial charge >= 0.3 is 0 Å². The molecule has 100 valence electrons.